The molecule has 0 fully saturated rings. The molecule has 0 aliphatic heterocycles. The minimum Gasteiger partial charge on any atom is -0.397 e. The number of anilines is 3. The van der Waals surface area contributed by atoms with Crippen molar-refractivity contribution in [1.82, 2.24) is 0 Å². The number of rotatable bonds is 3. The molecule has 21 heavy (non-hydrogen) atoms. The summed E-state index contributed by atoms with van der Waals surface area (Å²) in [5.41, 5.74) is 6.97. The fourth-order valence-corrected chi connectivity index (χ4v) is 2.17. The van der Waals surface area contributed by atoms with Crippen molar-refractivity contribution >= 4 is 28.7 Å². The topological polar surface area (TPSA) is 38.0 Å². The first-order chi connectivity index (χ1) is 9.81. The summed E-state index contributed by atoms with van der Waals surface area (Å²) < 4.78 is 38.1. The molecular formula is C15H14ClF3N2. The molecule has 3 N–H and O–H groups in total. The smallest absolute Gasteiger partial charge is 0.397 e. The quantitative estimate of drug-likeness (QED) is 0.760. The molecule has 0 saturated heterocycles. The Bertz CT molecular complexity index is 637. The van der Waals surface area contributed by atoms with Crippen molar-refractivity contribution in [1.29, 1.82) is 0 Å². The average molecular weight is 315 g/mol. The van der Waals surface area contributed by atoms with Crippen LogP contribution in [0.1, 0.15) is 18.1 Å². The number of nitrogen functional groups attached to an aromatic ring is 1. The van der Waals surface area contributed by atoms with Crippen molar-refractivity contribution in [3.05, 3.63) is 52.5 Å². The van der Waals surface area contributed by atoms with Gasteiger partial charge < -0.3 is 11.1 Å². The van der Waals surface area contributed by atoms with Crippen molar-refractivity contribution in [3.63, 3.8) is 0 Å². The van der Waals surface area contributed by atoms with Gasteiger partial charge in [0.25, 0.3) is 0 Å². The van der Waals surface area contributed by atoms with Crippen molar-refractivity contribution in [2.24, 2.45) is 0 Å². The van der Waals surface area contributed by atoms with Crippen LogP contribution in [0.2, 0.25) is 5.02 Å². The largest absolute Gasteiger partial charge is 0.417 e. The SMILES string of the molecule is CCc1ccc(Nc2cc(Cl)c(C(F)(F)F)cc2N)cc1. The lowest BCUT2D eigenvalue weighted by atomic mass is 10.1. The maximum atomic E-state index is 12.7. The van der Waals surface area contributed by atoms with E-state index in [-0.39, 0.29) is 10.7 Å². The summed E-state index contributed by atoms with van der Waals surface area (Å²) in [6.45, 7) is 2.04. The Morgan fingerprint density at radius 2 is 1.76 bits per heavy atom. The molecule has 0 atom stereocenters. The van der Waals surface area contributed by atoms with Gasteiger partial charge in [-0.25, -0.2) is 0 Å². The van der Waals surface area contributed by atoms with Crippen LogP contribution < -0.4 is 11.1 Å². The Hall–Kier alpha value is -1.88. The lowest BCUT2D eigenvalue weighted by molar-refractivity contribution is -0.137. The summed E-state index contributed by atoms with van der Waals surface area (Å²) in [7, 11) is 0. The Kier molecular flexibility index (Phi) is 4.32. The van der Waals surface area contributed by atoms with Crippen molar-refractivity contribution in [3.8, 4) is 0 Å². The van der Waals surface area contributed by atoms with Crippen LogP contribution in [0, 0.1) is 0 Å². The van der Waals surface area contributed by atoms with Gasteiger partial charge in [0.05, 0.1) is 22.0 Å². The van der Waals surface area contributed by atoms with Crippen molar-refractivity contribution in [2.75, 3.05) is 11.1 Å². The molecule has 0 aliphatic rings. The van der Waals surface area contributed by atoms with Crippen molar-refractivity contribution < 1.29 is 13.2 Å². The fraction of sp³-hybridized carbons (Fsp3) is 0.200. The summed E-state index contributed by atoms with van der Waals surface area (Å²) in [5.74, 6) is 0. The summed E-state index contributed by atoms with van der Waals surface area (Å²) in [5, 5.41) is 2.58. The van der Waals surface area contributed by atoms with E-state index in [1.165, 1.54) is 11.6 Å². The van der Waals surface area contributed by atoms with Crippen LogP contribution in [-0.4, -0.2) is 0 Å². The third-order valence-corrected chi connectivity index (χ3v) is 3.40. The molecule has 2 nitrogen and oxygen atoms in total. The highest BCUT2D eigenvalue weighted by atomic mass is 35.5. The molecule has 2 aromatic rings. The van der Waals surface area contributed by atoms with Gasteiger partial charge >= 0.3 is 6.18 Å². The van der Waals surface area contributed by atoms with E-state index >= 15 is 0 Å². The summed E-state index contributed by atoms with van der Waals surface area (Å²) in [6.07, 6.45) is -3.61. The van der Waals surface area contributed by atoms with Crippen LogP contribution in [0.3, 0.4) is 0 Å². The van der Waals surface area contributed by atoms with Crippen LogP contribution in [0.5, 0.6) is 0 Å². The highest BCUT2D eigenvalue weighted by Gasteiger charge is 2.33. The molecule has 0 amide bonds. The third kappa shape index (κ3) is 3.61. The molecule has 0 aliphatic carbocycles. The Morgan fingerprint density at radius 3 is 2.29 bits per heavy atom. The van der Waals surface area contributed by atoms with Gasteiger partial charge in [-0.15, -0.1) is 0 Å². The minimum atomic E-state index is -4.52. The Labute approximate surface area is 125 Å². The number of nitrogens with one attached hydrogen (secondary N) is 1. The molecule has 0 saturated carbocycles. The van der Waals surface area contributed by atoms with Crippen molar-refractivity contribution in [2.45, 2.75) is 19.5 Å². The third-order valence-electron chi connectivity index (χ3n) is 3.09. The first-order valence-electron chi connectivity index (χ1n) is 6.33. The van der Waals surface area contributed by atoms with Gasteiger partial charge in [-0.2, -0.15) is 13.2 Å². The second kappa shape index (κ2) is 5.85. The predicted octanol–water partition coefficient (Wildman–Crippen LogP) is 5.25. The molecule has 112 valence electrons. The standard InChI is InChI=1S/C15H14ClF3N2/c1-2-9-3-5-10(6-4-9)21-14-8-12(16)11(7-13(14)20)15(17,18)19/h3-8,21H,2,20H2,1H3. The van der Waals surface area contributed by atoms with Gasteiger partial charge in [0.15, 0.2) is 0 Å². The molecule has 0 aromatic heterocycles. The zero-order valence-electron chi connectivity index (χ0n) is 11.3. The fourth-order valence-electron chi connectivity index (χ4n) is 1.89. The van der Waals surface area contributed by atoms with E-state index < -0.39 is 11.7 Å². The van der Waals surface area contributed by atoms with Crippen LogP contribution >= 0.6 is 11.6 Å². The van der Waals surface area contributed by atoms with Gasteiger partial charge in [0.1, 0.15) is 0 Å². The van der Waals surface area contributed by atoms with Gasteiger partial charge in [-0.1, -0.05) is 30.7 Å². The number of hydrogen-bond donors (Lipinski definition) is 2. The monoisotopic (exact) mass is 314 g/mol. The van der Waals surface area contributed by atoms with E-state index in [0.29, 0.717) is 5.69 Å². The molecule has 0 radical (unpaired) electrons. The average Bonchev–Trinajstić information content (AvgIpc) is 2.42. The van der Waals surface area contributed by atoms with E-state index in [0.717, 1.165) is 18.2 Å². The predicted molar refractivity (Wildman–Crippen MR) is 80.0 cm³/mol. The van der Waals surface area contributed by atoms with Crippen LogP contribution in [0.4, 0.5) is 30.2 Å². The normalized spacial score (nSPS) is 11.5. The van der Waals surface area contributed by atoms with E-state index in [4.69, 9.17) is 17.3 Å². The summed E-state index contributed by atoms with van der Waals surface area (Å²) >= 11 is 5.68. The van der Waals surface area contributed by atoms with E-state index in [1.807, 2.05) is 31.2 Å². The molecule has 6 heteroatoms. The molecule has 2 aromatic carbocycles. The molecule has 0 bridgehead atoms. The first-order valence-corrected chi connectivity index (χ1v) is 6.71. The molecule has 0 unspecified atom stereocenters. The second-order valence-corrected chi connectivity index (χ2v) is 5.00. The molecular weight excluding hydrogens is 301 g/mol. The Balaban J connectivity index is 2.30. The summed E-state index contributed by atoms with van der Waals surface area (Å²) in [6, 6.07) is 9.57. The van der Waals surface area contributed by atoms with Crippen LogP contribution in [-0.2, 0) is 12.6 Å². The minimum absolute atomic E-state index is 0.00806. The number of aryl methyl sites for hydroxylation is 1. The van der Waals surface area contributed by atoms with Gasteiger partial charge in [0.2, 0.25) is 0 Å². The highest BCUT2D eigenvalue weighted by Crippen LogP contribution is 2.39. The van der Waals surface area contributed by atoms with Crippen LogP contribution in [0.25, 0.3) is 0 Å². The van der Waals surface area contributed by atoms with Gasteiger partial charge in [0, 0.05) is 5.69 Å². The number of alkyl halides is 3. The lowest BCUT2D eigenvalue weighted by Gasteiger charge is -2.14. The number of benzene rings is 2. The number of hydrogen-bond acceptors (Lipinski definition) is 2. The van der Waals surface area contributed by atoms with E-state index in [9.17, 15) is 13.2 Å². The second-order valence-electron chi connectivity index (χ2n) is 4.59. The lowest BCUT2D eigenvalue weighted by Crippen LogP contribution is -2.08. The zero-order valence-corrected chi connectivity index (χ0v) is 12.0. The highest BCUT2D eigenvalue weighted by molar-refractivity contribution is 6.32. The van der Waals surface area contributed by atoms with Gasteiger partial charge in [-0.05, 0) is 36.2 Å². The number of halogens is 4. The molecule has 0 spiro atoms. The maximum Gasteiger partial charge on any atom is 0.417 e. The molecule has 2 rings (SSSR count). The maximum absolute atomic E-state index is 12.7. The zero-order chi connectivity index (χ0) is 15.6. The molecule has 0 heterocycles. The van der Waals surface area contributed by atoms with Gasteiger partial charge in [-0.3, -0.25) is 0 Å². The van der Waals surface area contributed by atoms with E-state index in [2.05, 4.69) is 5.32 Å². The Morgan fingerprint density at radius 1 is 1.14 bits per heavy atom. The van der Waals surface area contributed by atoms with Crippen LogP contribution in [0.15, 0.2) is 36.4 Å². The first kappa shape index (κ1) is 15.5. The van der Waals surface area contributed by atoms with E-state index in [1.54, 1.807) is 0 Å². The number of nitrogens with two attached hydrogens (primary N) is 1. The summed E-state index contributed by atoms with van der Waals surface area (Å²) in [4.78, 5) is 0.